The van der Waals surface area contributed by atoms with Gasteiger partial charge in [0.1, 0.15) is 0 Å². The molecule has 1 rings (SSSR count). The lowest BCUT2D eigenvalue weighted by molar-refractivity contribution is 0.700. The SMILES string of the molecule is CCCCC(Cl)c1[c]cccc1. The van der Waals surface area contributed by atoms with Crippen molar-refractivity contribution in [3.8, 4) is 0 Å². The minimum atomic E-state index is 0.145. The van der Waals surface area contributed by atoms with Gasteiger partial charge in [0.15, 0.2) is 0 Å². The summed E-state index contributed by atoms with van der Waals surface area (Å²) in [6.07, 6.45) is 3.45. The summed E-state index contributed by atoms with van der Waals surface area (Å²) in [6.45, 7) is 2.18. The maximum Gasteiger partial charge on any atom is 0.0591 e. The van der Waals surface area contributed by atoms with Gasteiger partial charge in [-0.15, -0.1) is 11.6 Å². The first-order valence-electron chi connectivity index (χ1n) is 4.45. The van der Waals surface area contributed by atoms with E-state index < -0.39 is 0 Å². The second-order valence-corrected chi connectivity index (χ2v) is 3.45. The largest absolute Gasteiger partial charge is 0.118 e. The Labute approximate surface area is 79.6 Å². The molecule has 1 aromatic rings. The summed E-state index contributed by atoms with van der Waals surface area (Å²) in [4.78, 5) is 0. The lowest BCUT2D eigenvalue weighted by atomic mass is 10.1. The summed E-state index contributed by atoms with van der Waals surface area (Å²) in [5, 5.41) is 0.145. The molecule has 0 saturated heterocycles. The fourth-order valence-electron chi connectivity index (χ4n) is 1.14. The fourth-order valence-corrected chi connectivity index (χ4v) is 1.43. The highest BCUT2D eigenvalue weighted by Gasteiger charge is 2.05. The summed E-state index contributed by atoms with van der Waals surface area (Å²) in [6, 6.07) is 11.1. The molecule has 0 spiro atoms. The van der Waals surface area contributed by atoms with Crippen LogP contribution < -0.4 is 0 Å². The Kier molecular flexibility index (Phi) is 4.16. The van der Waals surface area contributed by atoms with Crippen LogP contribution >= 0.6 is 11.6 Å². The van der Waals surface area contributed by atoms with Gasteiger partial charge in [-0.05, 0) is 18.1 Å². The van der Waals surface area contributed by atoms with Crippen molar-refractivity contribution in [2.45, 2.75) is 31.6 Å². The first-order chi connectivity index (χ1) is 5.84. The fraction of sp³-hybridized carbons (Fsp3) is 0.455. The van der Waals surface area contributed by atoms with Crippen LogP contribution in [0.5, 0.6) is 0 Å². The van der Waals surface area contributed by atoms with E-state index in [4.69, 9.17) is 11.6 Å². The average Bonchev–Trinajstić information content (AvgIpc) is 2.15. The molecule has 12 heavy (non-hydrogen) atoms. The van der Waals surface area contributed by atoms with E-state index in [2.05, 4.69) is 13.0 Å². The highest BCUT2D eigenvalue weighted by Crippen LogP contribution is 2.25. The van der Waals surface area contributed by atoms with Gasteiger partial charge in [0, 0.05) is 0 Å². The van der Waals surface area contributed by atoms with E-state index in [-0.39, 0.29) is 5.38 Å². The van der Waals surface area contributed by atoms with Crippen LogP contribution in [0.1, 0.15) is 37.1 Å². The average molecular weight is 182 g/mol. The molecule has 1 radical (unpaired) electrons. The van der Waals surface area contributed by atoms with Crippen molar-refractivity contribution in [1.29, 1.82) is 0 Å². The Hall–Kier alpha value is -0.490. The van der Waals surface area contributed by atoms with Gasteiger partial charge in [0.2, 0.25) is 0 Å². The van der Waals surface area contributed by atoms with Crippen LogP contribution in [0.15, 0.2) is 24.3 Å². The van der Waals surface area contributed by atoms with Gasteiger partial charge in [-0.3, -0.25) is 0 Å². The highest BCUT2D eigenvalue weighted by atomic mass is 35.5. The smallest absolute Gasteiger partial charge is 0.0591 e. The van der Waals surface area contributed by atoms with Crippen LogP contribution in [0.25, 0.3) is 0 Å². The van der Waals surface area contributed by atoms with Crippen molar-refractivity contribution in [2.75, 3.05) is 0 Å². The monoisotopic (exact) mass is 181 g/mol. The molecular weight excluding hydrogens is 168 g/mol. The molecule has 1 heteroatoms. The Bertz CT molecular complexity index is 206. The number of unbranched alkanes of at least 4 members (excludes halogenated alkanes) is 1. The first kappa shape index (κ1) is 9.60. The number of alkyl halides is 1. The van der Waals surface area contributed by atoms with Crippen molar-refractivity contribution >= 4 is 11.6 Å². The molecular formula is C11H14Cl. The number of hydrogen-bond acceptors (Lipinski definition) is 0. The molecule has 0 bridgehead atoms. The third kappa shape index (κ3) is 2.86. The van der Waals surface area contributed by atoms with Crippen molar-refractivity contribution in [3.05, 3.63) is 35.9 Å². The Morgan fingerprint density at radius 1 is 1.50 bits per heavy atom. The zero-order valence-electron chi connectivity index (χ0n) is 7.39. The zero-order valence-corrected chi connectivity index (χ0v) is 8.14. The van der Waals surface area contributed by atoms with E-state index in [9.17, 15) is 0 Å². The lowest BCUT2D eigenvalue weighted by Crippen LogP contribution is -1.89. The first-order valence-corrected chi connectivity index (χ1v) is 4.89. The van der Waals surface area contributed by atoms with E-state index >= 15 is 0 Å². The van der Waals surface area contributed by atoms with E-state index in [1.54, 1.807) is 0 Å². The van der Waals surface area contributed by atoms with E-state index in [0.29, 0.717) is 0 Å². The van der Waals surface area contributed by atoms with Crippen LogP contribution in [0.4, 0.5) is 0 Å². The maximum atomic E-state index is 6.15. The van der Waals surface area contributed by atoms with Crippen molar-refractivity contribution < 1.29 is 0 Å². The van der Waals surface area contributed by atoms with Crippen LogP contribution in [-0.2, 0) is 0 Å². The van der Waals surface area contributed by atoms with Gasteiger partial charge in [-0.25, -0.2) is 0 Å². The Morgan fingerprint density at radius 3 is 2.92 bits per heavy atom. The van der Waals surface area contributed by atoms with Gasteiger partial charge in [-0.1, -0.05) is 44.0 Å². The minimum absolute atomic E-state index is 0.145. The second-order valence-electron chi connectivity index (χ2n) is 2.93. The van der Waals surface area contributed by atoms with Gasteiger partial charge < -0.3 is 0 Å². The molecule has 1 unspecified atom stereocenters. The van der Waals surface area contributed by atoms with Crippen molar-refractivity contribution in [2.24, 2.45) is 0 Å². The quantitative estimate of drug-likeness (QED) is 0.617. The Balaban J connectivity index is 2.48. The molecule has 0 fully saturated rings. The molecule has 0 saturated carbocycles. The predicted octanol–water partition coefficient (Wildman–Crippen LogP) is 3.96. The molecule has 1 atom stereocenters. The summed E-state index contributed by atoms with van der Waals surface area (Å²) in [5.41, 5.74) is 1.12. The van der Waals surface area contributed by atoms with Crippen molar-refractivity contribution in [3.63, 3.8) is 0 Å². The molecule has 65 valence electrons. The molecule has 0 amide bonds. The predicted molar refractivity (Wildman–Crippen MR) is 53.4 cm³/mol. The summed E-state index contributed by atoms with van der Waals surface area (Å²) in [5.74, 6) is 0. The van der Waals surface area contributed by atoms with E-state index in [0.717, 1.165) is 12.0 Å². The van der Waals surface area contributed by atoms with Crippen LogP contribution in [-0.4, -0.2) is 0 Å². The second kappa shape index (κ2) is 5.21. The summed E-state index contributed by atoms with van der Waals surface area (Å²) < 4.78 is 0. The third-order valence-electron chi connectivity index (χ3n) is 1.88. The third-order valence-corrected chi connectivity index (χ3v) is 2.34. The molecule has 0 aliphatic rings. The van der Waals surface area contributed by atoms with Crippen LogP contribution in [0, 0.1) is 6.07 Å². The van der Waals surface area contributed by atoms with E-state index in [1.807, 2.05) is 24.3 Å². The molecule has 0 aromatic heterocycles. The number of rotatable bonds is 4. The van der Waals surface area contributed by atoms with E-state index in [1.165, 1.54) is 12.8 Å². The van der Waals surface area contributed by atoms with Gasteiger partial charge >= 0.3 is 0 Å². The summed E-state index contributed by atoms with van der Waals surface area (Å²) in [7, 11) is 0. The maximum absolute atomic E-state index is 6.15. The molecule has 0 nitrogen and oxygen atoms in total. The molecule has 0 N–H and O–H groups in total. The molecule has 0 aliphatic carbocycles. The highest BCUT2D eigenvalue weighted by molar-refractivity contribution is 6.20. The number of halogens is 1. The van der Waals surface area contributed by atoms with Gasteiger partial charge in [0.25, 0.3) is 0 Å². The minimum Gasteiger partial charge on any atom is -0.118 e. The lowest BCUT2D eigenvalue weighted by Gasteiger charge is -2.07. The summed E-state index contributed by atoms with van der Waals surface area (Å²) >= 11 is 6.15. The van der Waals surface area contributed by atoms with Gasteiger partial charge in [0.05, 0.1) is 5.38 Å². The van der Waals surface area contributed by atoms with Crippen LogP contribution in [0.2, 0.25) is 0 Å². The number of benzene rings is 1. The molecule has 0 aliphatic heterocycles. The zero-order chi connectivity index (χ0) is 8.81. The normalized spacial score (nSPS) is 12.8. The number of hydrogen-bond donors (Lipinski definition) is 0. The van der Waals surface area contributed by atoms with Crippen molar-refractivity contribution in [1.82, 2.24) is 0 Å². The van der Waals surface area contributed by atoms with Gasteiger partial charge in [-0.2, -0.15) is 0 Å². The topological polar surface area (TPSA) is 0 Å². The standard InChI is InChI=1S/C11H14Cl/c1-2-3-9-11(12)10-7-5-4-6-8-10/h4-7,11H,2-3,9H2,1H3. The Morgan fingerprint density at radius 2 is 2.33 bits per heavy atom. The van der Waals surface area contributed by atoms with Crippen LogP contribution in [0.3, 0.4) is 0 Å². The molecule has 1 aromatic carbocycles. The molecule has 0 heterocycles.